The molecular weight excluding hydrogens is 260 g/mol. The Bertz CT molecular complexity index is 817. The molecule has 0 fully saturated rings. The highest BCUT2D eigenvalue weighted by Gasteiger charge is 2.19. The largest absolute Gasteiger partial charge is 0.501 e. The summed E-state index contributed by atoms with van der Waals surface area (Å²) in [6, 6.07) is 7.17. The van der Waals surface area contributed by atoms with Crippen molar-refractivity contribution < 1.29 is 9.52 Å². The summed E-state index contributed by atoms with van der Waals surface area (Å²) in [5.41, 5.74) is 0.654. The third-order valence-electron chi connectivity index (χ3n) is 2.99. The van der Waals surface area contributed by atoms with Gasteiger partial charge >= 0.3 is 0 Å². The number of nitrogens with one attached hydrogen (secondary N) is 1. The SMILES string of the molecule is CNc1nc(-c2nc3ccccc3o2)c(O)c(=O)n1C. The van der Waals surface area contributed by atoms with Crippen LogP contribution in [0.2, 0.25) is 0 Å². The average Bonchev–Trinajstić information content (AvgIpc) is 2.89. The van der Waals surface area contributed by atoms with Crippen LogP contribution >= 0.6 is 0 Å². The van der Waals surface area contributed by atoms with E-state index in [1.807, 2.05) is 12.1 Å². The van der Waals surface area contributed by atoms with Gasteiger partial charge in [-0.3, -0.25) is 9.36 Å². The van der Waals surface area contributed by atoms with Gasteiger partial charge in [0.25, 0.3) is 11.4 Å². The quantitative estimate of drug-likeness (QED) is 0.731. The highest BCUT2D eigenvalue weighted by molar-refractivity contribution is 5.76. The number of para-hydroxylation sites is 2. The summed E-state index contributed by atoms with van der Waals surface area (Å²) in [5.74, 6) is -0.0685. The van der Waals surface area contributed by atoms with Crippen LogP contribution in [0.3, 0.4) is 0 Å². The van der Waals surface area contributed by atoms with Gasteiger partial charge in [-0.2, -0.15) is 0 Å². The van der Waals surface area contributed by atoms with Crippen molar-refractivity contribution in [2.24, 2.45) is 7.05 Å². The maximum Gasteiger partial charge on any atom is 0.297 e. The van der Waals surface area contributed by atoms with Gasteiger partial charge in [-0.15, -0.1) is 0 Å². The molecule has 2 aromatic heterocycles. The number of rotatable bonds is 2. The molecule has 0 unspecified atom stereocenters. The van der Waals surface area contributed by atoms with Crippen LogP contribution in [0.15, 0.2) is 33.5 Å². The molecule has 20 heavy (non-hydrogen) atoms. The second-order valence-electron chi connectivity index (χ2n) is 4.23. The number of anilines is 1. The zero-order chi connectivity index (χ0) is 14.3. The van der Waals surface area contributed by atoms with Gasteiger partial charge < -0.3 is 14.8 Å². The topological polar surface area (TPSA) is 93.2 Å². The molecule has 2 heterocycles. The van der Waals surface area contributed by atoms with Crippen molar-refractivity contribution in [3.8, 4) is 17.3 Å². The average molecular weight is 272 g/mol. The summed E-state index contributed by atoms with van der Waals surface area (Å²) in [5, 5.41) is 12.7. The van der Waals surface area contributed by atoms with Crippen LogP contribution in [-0.4, -0.2) is 26.7 Å². The molecule has 7 heteroatoms. The first kappa shape index (κ1) is 12.2. The highest BCUT2D eigenvalue weighted by Crippen LogP contribution is 2.27. The van der Waals surface area contributed by atoms with Gasteiger partial charge in [0, 0.05) is 14.1 Å². The molecule has 0 aliphatic rings. The van der Waals surface area contributed by atoms with Crippen LogP contribution in [0.1, 0.15) is 0 Å². The van der Waals surface area contributed by atoms with Crippen molar-refractivity contribution in [1.29, 1.82) is 0 Å². The molecule has 3 aromatic rings. The predicted octanol–water partition coefficient (Wildman–Crippen LogP) is 1.34. The smallest absolute Gasteiger partial charge is 0.297 e. The number of aromatic hydroxyl groups is 1. The molecule has 0 radical (unpaired) electrons. The van der Waals surface area contributed by atoms with Crippen LogP contribution in [0, 0.1) is 0 Å². The molecule has 7 nitrogen and oxygen atoms in total. The molecule has 0 saturated carbocycles. The fourth-order valence-corrected chi connectivity index (χ4v) is 1.94. The molecule has 0 amide bonds. The van der Waals surface area contributed by atoms with Crippen LogP contribution < -0.4 is 10.9 Å². The Labute approximate surface area is 113 Å². The van der Waals surface area contributed by atoms with E-state index in [1.54, 1.807) is 19.2 Å². The molecule has 102 valence electrons. The first-order valence-electron chi connectivity index (χ1n) is 5.95. The van der Waals surface area contributed by atoms with E-state index in [0.717, 1.165) is 0 Å². The van der Waals surface area contributed by atoms with Crippen molar-refractivity contribution >= 4 is 17.0 Å². The molecule has 0 atom stereocenters. The van der Waals surface area contributed by atoms with Gasteiger partial charge in [0.05, 0.1) is 0 Å². The Morgan fingerprint density at radius 1 is 1.30 bits per heavy atom. The number of hydrogen-bond donors (Lipinski definition) is 2. The van der Waals surface area contributed by atoms with E-state index in [2.05, 4.69) is 15.3 Å². The first-order valence-corrected chi connectivity index (χ1v) is 5.95. The lowest BCUT2D eigenvalue weighted by Crippen LogP contribution is -2.21. The van der Waals surface area contributed by atoms with Gasteiger partial charge in [-0.1, -0.05) is 12.1 Å². The lowest BCUT2D eigenvalue weighted by molar-refractivity contribution is 0.456. The highest BCUT2D eigenvalue weighted by atomic mass is 16.4. The third-order valence-corrected chi connectivity index (χ3v) is 2.99. The summed E-state index contributed by atoms with van der Waals surface area (Å²) in [4.78, 5) is 20.3. The molecular formula is C13H12N4O3. The van der Waals surface area contributed by atoms with Gasteiger partial charge in [0.15, 0.2) is 11.3 Å². The van der Waals surface area contributed by atoms with Gasteiger partial charge in [0.1, 0.15) is 5.52 Å². The minimum atomic E-state index is -0.568. The normalized spacial score (nSPS) is 10.9. The number of hydrogen-bond acceptors (Lipinski definition) is 6. The Morgan fingerprint density at radius 3 is 2.75 bits per heavy atom. The summed E-state index contributed by atoms with van der Waals surface area (Å²) < 4.78 is 6.73. The molecule has 0 saturated heterocycles. The minimum Gasteiger partial charge on any atom is -0.501 e. The van der Waals surface area contributed by atoms with Crippen molar-refractivity contribution in [3.05, 3.63) is 34.6 Å². The van der Waals surface area contributed by atoms with E-state index in [1.165, 1.54) is 11.6 Å². The predicted molar refractivity (Wildman–Crippen MR) is 73.7 cm³/mol. The van der Waals surface area contributed by atoms with Gasteiger partial charge in [-0.05, 0) is 12.1 Å². The lowest BCUT2D eigenvalue weighted by Gasteiger charge is -2.08. The van der Waals surface area contributed by atoms with Crippen LogP contribution in [0.4, 0.5) is 5.95 Å². The lowest BCUT2D eigenvalue weighted by atomic mass is 10.3. The molecule has 0 bridgehead atoms. The van der Waals surface area contributed by atoms with Crippen LogP contribution in [0.25, 0.3) is 22.7 Å². The fraction of sp³-hybridized carbons (Fsp3) is 0.154. The monoisotopic (exact) mass is 272 g/mol. The van der Waals surface area contributed by atoms with Crippen molar-refractivity contribution in [1.82, 2.24) is 14.5 Å². The summed E-state index contributed by atoms with van der Waals surface area (Å²) in [6.45, 7) is 0. The van der Waals surface area contributed by atoms with E-state index in [0.29, 0.717) is 17.0 Å². The standard InChI is InChI=1S/C13H12N4O3/c1-14-13-16-9(10(18)12(19)17(13)2)11-15-7-5-3-4-6-8(7)20-11/h3-6,18H,1-2H3,(H,14,16). The van der Waals surface area contributed by atoms with Crippen molar-refractivity contribution in [2.75, 3.05) is 12.4 Å². The summed E-state index contributed by atoms with van der Waals surface area (Å²) in [7, 11) is 3.14. The second-order valence-corrected chi connectivity index (χ2v) is 4.23. The maximum atomic E-state index is 11.9. The number of oxazole rings is 1. The van der Waals surface area contributed by atoms with Gasteiger partial charge in [-0.25, -0.2) is 9.97 Å². The maximum absolute atomic E-state index is 11.9. The van der Waals surface area contributed by atoms with E-state index in [4.69, 9.17) is 4.42 Å². The molecule has 1 aromatic carbocycles. The van der Waals surface area contributed by atoms with Crippen LogP contribution in [0.5, 0.6) is 5.75 Å². The zero-order valence-corrected chi connectivity index (χ0v) is 10.9. The van der Waals surface area contributed by atoms with E-state index < -0.39 is 11.3 Å². The van der Waals surface area contributed by atoms with E-state index in [-0.39, 0.29) is 11.6 Å². The molecule has 2 N–H and O–H groups in total. The van der Waals surface area contributed by atoms with Crippen LogP contribution in [-0.2, 0) is 7.05 Å². The molecule has 0 spiro atoms. The van der Waals surface area contributed by atoms with Crippen molar-refractivity contribution in [3.63, 3.8) is 0 Å². The number of benzene rings is 1. The molecule has 3 rings (SSSR count). The third kappa shape index (κ3) is 1.71. The zero-order valence-electron chi connectivity index (χ0n) is 10.9. The Morgan fingerprint density at radius 2 is 2.05 bits per heavy atom. The first-order chi connectivity index (χ1) is 9.61. The fourth-order valence-electron chi connectivity index (χ4n) is 1.94. The number of aromatic nitrogens is 3. The summed E-state index contributed by atoms with van der Waals surface area (Å²) >= 11 is 0. The second kappa shape index (κ2) is 4.37. The van der Waals surface area contributed by atoms with E-state index >= 15 is 0 Å². The van der Waals surface area contributed by atoms with Gasteiger partial charge in [0.2, 0.25) is 11.7 Å². The molecule has 0 aliphatic heterocycles. The number of fused-ring (bicyclic) bond motifs is 1. The molecule has 0 aliphatic carbocycles. The van der Waals surface area contributed by atoms with Crippen molar-refractivity contribution in [2.45, 2.75) is 0 Å². The Balaban J connectivity index is 2.28. The minimum absolute atomic E-state index is 0.0219. The number of nitrogens with zero attached hydrogens (tertiary/aromatic N) is 3. The Kier molecular flexibility index (Phi) is 2.67. The van der Waals surface area contributed by atoms with E-state index in [9.17, 15) is 9.90 Å². The summed E-state index contributed by atoms with van der Waals surface area (Å²) in [6.07, 6.45) is 0. The Hall–Kier alpha value is -2.83.